The molecule has 0 bridgehead atoms. The Hall–Kier alpha value is -1.71. The van der Waals surface area contributed by atoms with Crippen molar-refractivity contribution in [1.82, 2.24) is 5.32 Å². The number of amides is 1. The van der Waals surface area contributed by atoms with Crippen molar-refractivity contribution in [3.05, 3.63) is 23.8 Å². The van der Waals surface area contributed by atoms with Gasteiger partial charge in [-0.25, -0.2) is 0 Å². The van der Waals surface area contributed by atoms with E-state index < -0.39 is 0 Å². The number of nitrogens with zero attached hydrogens (tertiary/aromatic N) is 1. The van der Waals surface area contributed by atoms with Crippen LogP contribution < -0.4 is 15.5 Å². The highest BCUT2D eigenvalue weighted by Crippen LogP contribution is 2.23. The zero-order valence-electron chi connectivity index (χ0n) is 14.4. The zero-order valence-corrected chi connectivity index (χ0v) is 14.4. The Morgan fingerprint density at radius 3 is 2.48 bits per heavy atom. The van der Waals surface area contributed by atoms with Crippen LogP contribution in [0.5, 0.6) is 0 Å². The number of carbonyl (C=O) groups is 1. The van der Waals surface area contributed by atoms with Crippen molar-refractivity contribution in [1.29, 1.82) is 0 Å². The van der Waals surface area contributed by atoms with Crippen LogP contribution in [0.15, 0.2) is 18.2 Å². The third-order valence-electron chi connectivity index (χ3n) is 3.81. The van der Waals surface area contributed by atoms with Gasteiger partial charge in [-0.05, 0) is 51.8 Å². The number of hydrogen-bond acceptors (Lipinski definition) is 3. The van der Waals surface area contributed by atoms with E-state index >= 15 is 0 Å². The molecule has 0 spiro atoms. The van der Waals surface area contributed by atoms with E-state index in [-0.39, 0.29) is 17.5 Å². The van der Waals surface area contributed by atoms with Gasteiger partial charge in [-0.1, -0.05) is 13.0 Å². The summed E-state index contributed by atoms with van der Waals surface area (Å²) in [5.41, 5.74) is 3.16. The molecule has 0 fully saturated rings. The zero-order chi connectivity index (χ0) is 16.2. The molecule has 4 nitrogen and oxygen atoms in total. The van der Waals surface area contributed by atoms with Gasteiger partial charge in [0.1, 0.15) is 6.04 Å². The molecule has 0 aliphatic heterocycles. The Morgan fingerprint density at radius 1 is 1.33 bits per heavy atom. The Balaban J connectivity index is 2.77. The first-order valence-corrected chi connectivity index (χ1v) is 7.53. The maximum Gasteiger partial charge on any atom is 0.242 e. The molecule has 0 saturated heterocycles. The van der Waals surface area contributed by atoms with Crippen molar-refractivity contribution in [2.45, 2.75) is 52.6 Å². The molecule has 0 aliphatic rings. The second kappa shape index (κ2) is 6.83. The SMILES string of the molecule is CCC(C)(C)NC(=O)C(C)Nc1ccc(C)c(N(C)C)c1. The van der Waals surface area contributed by atoms with E-state index in [4.69, 9.17) is 0 Å². The predicted molar refractivity (Wildman–Crippen MR) is 91.1 cm³/mol. The van der Waals surface area contributed by atoms with E-state index in [0.717, 1.165) is 17.8 Å². The number of aryl methyl sites for hydroxylation is 1. The third-order valence-corrected chi connectivity index (χ3v) is 3.81. The standard InChI is InChI=1S/C17H29N3O/c1-8-17(4,5)19-16(21)13(3)18-14-10-9-12(2)15(11-14)20(6)7/h9-11,13,18H,8H2,1-7H3,(H,19,21). The fourth-order valence-electron chi connectivity index (χ4n) is 2.03. The molecule has 2 N–H and O–H groups in total. The molecular formula is C17H29N3O. The molecule has 1 rings (SSSR count). The largest absolute Gasteiger partial charge is 0.377 e. The highest BCUT2D eigenvalue weighted by molar-refractivity contribution is 5.85. The van der Waals surface area contributed by atoms with Gasteiger partial charge in [0.25, 0.3) is 0 Å². The lowest BCUT2D eigenvalue weighted by molar-refractivity contribution is -0.123. The fraction of sp³-hybridized carbons (Fsp3) is 0.588. The van der Waals surface area contributed by atoms with Gasteiger partial charge in [0.15, 0.2) is 0 Å². The molecule has 1 atom stereocenters. The first kappa shape index (κ1) is 17.3. The minimum absolute atomic E-state index is 0.0221. The molecule has 4 heteroatoms. The van der Waals surface area contributed by atoms with Crippen LogP contribution >= 0.6 is 0 Å². The summed E-state index contributed by atoms with van der Waals surface area (Å²) in [6.45, 7) is 10.1. The summed E-state index contributed by atoms with van der Waals surface area (Å²) in [6.07, 6.45) is 0.904. The smallest absolute Gasteiger partial charge is 0.242 e. The molecule has 1 aromatic carbocycles. The van der Waals surface area contributed by atoms with Crippen LogP contribution in [-0.2, 0) is 4.79 Å². The van der Waals surface area contributed by atoms with Gasteiger partial charge in [-0.15, -0.1) is 0 Å². The fourth-order valence-corrected chi connectivity index (χ4v) is 2.03. The van der Waals surface area contributed by atoms with Crippen LogP contribution in [0.25, 0.3) is 0 Å². The molecule has 21 heavy (non-hydrogen) atoms. The summed E-state index contributed by atoms with van der Waals surface area (Å²) >= 11 is 0. The number of nitrogens with one attached hydrogen (secondary N) is 2. The highest BCUT2D eigenvalue weighted by Gasteiger charge is 2.21. The average Bonchev–Trinajstić information content (AvgIpc) is 2.40. The summed E-state index contributed by atoms with van der Waals surface area (Å²) < 4.78 is 0. The van der Waals surface area contributed by atoms with Gasteiger partial charge in [-0.3, -0.25) is 4.79 Å². The second-order valence-electron chi connectivity index (χ2n) is 6.49. The molecule has 1 amide bonds. The molecule has 0 radical (unpaired) electrons. The maximum absolute atomic E-state index is 12.2. The van der Waals surface area contributed by atoms with Gasteiger partial charge in [0.05, 0.1) is 0 Å². The van der Waals surface area contributed by atoms with E-state index in [1.807, 2.05) is 40.9 Å². The van der Waals surface area contributed by atoms with Crippen LogP contribution in [0, 0.1) is 6.92 Å². The Kier molecular flexibility index (Phi) is 5.64. The number of rotatable bonds is 6. The summed E-state index contributed by atoms with van der Waals surface area (Å²) in [6, 6.07) is 5.88. The molecular weight excluding hydrogens is 262 g/mol. The normalized spacial score (nSPS) is 12.7. The van der Waals surface area contributed by atoms with Gasteiger partial charge < -0.3 is 15.5 Å². The van der Waals surface area contributed by atoms with Crippen molar-refractivity contribution < 1.29 is 4.79 Å². The highest BCUT2D eigenvalue weighted by atomic mass is 16.2. The van der Waals surface area contributed by atoms with Crippen molar-refractivity contribution in [3.63, 3.8) is 0 Å². The molecule has 0 saturated carbocycles. The molecule has 0 aliphatic carbocycles. The molecule has 1 aromatic rings. The summed E-state index contributed by atoms with van der Waals surface area (Å²) in [5.74, 6) is 0.0221. The van der Waals surface area contributed by atoms with E-state index in [2.05, 4.69) is 41.5 Å². The molecule has 1 unspecified atom stereocenters. The molecule has 0 heterocycles. The van der Waals surface area contributed by atoms with Crippen molar-refractivity contribution in [3.8, 4) is 0 Å². The predicted octanol–water partition coefficient (Wildman–Crippen LogP) is 3.17. The van der Waals surface area contributed by atoms with Crippen LogP contribution in [0.4, 0.5) is 11.4 Å². The summed E-state index contributed by atoms with van der Waals surface area (Å²) in [4.78, 5) is 14.3. The first-order chi connectivity index (χ1) is 9.66. The third kappa shape index (κ3) is 4.96. The summed E-state index contributed by atoms with van der Waals surface area (Å²) in [7, 11) is 4.04. The van der Waals surface area contributed by atoms with Crippen LogP contribution in [0.1, 0.15) is 39.7 Å². The van der Waals surface area contributed by atoms with E-state index in [9.17, 15) is 4.79 Å². The van der Waals surface area contributed by atoms with Crippen molar-refractivity contribution >= 4 is 17.3 Å². The van der Waals surface area contributed by atoms with Crippen LogP contribution in [0.2, 0.25) is 0 Å². The van der Waals surface area contributed by atoms with Gasteiger partial charge in [0.2, 0.25) is 5.91 Å². The first-order valence-electron chi connectivity index (χ1n) is 7.53. The van der Waals surface area contributed by atoms with Gasteiger partial charge >= 0.3 is 0 Å². The Labute approximate surface area is 128 Å². The van der Waals surface area contributed by atoms with Crippen LogP contribution in [-0.4, -0.2) is 31.6 Å². The van der Waals surface area contributed by atoms with Gasteiger partial charge in [0, 0.05) is 31.0 Å². The monoisotopic (exact) mass is 291 g/mol. The van der Waals surface area contributed by atoms with Crippen molar-refractivity contribution in [2.75, 3.05) is 24.3 Å². The number of anilines is 2. The van der Waals surface area contributed by atoms with E-state index in [0.29, 0.717) is 0 Å². The molecule has 0 aromatic heterocycles. The topological polar surface area (TPSA) is 44.4 Å². The minimum Gasteiger partial charge on any atom is -0.377 e. The minimum atomic E-state index is -0.270. The quantitative estimate of drug-likeness (QED) is 0.846. The number of benzene rings is 1. The van der Waals surface area contributed by atoms with Crippen molar-refractivity contribution in [2.24, 2.45) is 0 Å². The Morgan fingerprint density at radius 2 is 1.95 bits per heavy atom. The maximum atomic E-state index is 12.2. The lowest BCUT2D eigenvalue weighted by atomic mass is 10.0. The summed E-state index contributed by atoms with van der Waals surface area (Å²) in [5, 5.41) is 6.33. The number of hydrogen-bond donors (Lipinski definition) is 2. The van der Waals surface area contributed by atoms with E-state index in [1.165, 1.54) is 5.56 Å². The average molecular weight is 291 g/mol. The number of carbonyl (C=O) groups excluding carboxylic acids is 1. The lowest BCUT2D eigenvalue weighted by Crippen LogP contribution is -2.48. The Bertz CT molecular complexity index is 495. The lowest BCUT2D eigenvalue weighted by Gasteiger charge is -2.27. The van der Waals surface area contributed by atoms with Gasteiger partial charge in [-0.2, -0.15) is 0 Å². The van der Waals surface area contributed by atoms with E-state index in [1.54, 1.807) is 0 Å². The second-order valence-corrected chi connectivity index (χ2v) is 6.49. The molecule has 118 valence electrons. The van der Waals surface area contributed by atoms with Crippen LogP contribution in [0.3, 0.4) is 0 Å².